The first-order chi connectivity index (χ1) is 10.1. The Morgan fingerprint density at radius 2 is 2.43 bits per heavy atom. The maximum Gasteiger partial charge on any atom is 0.288 e. The molecule has 1 aliphatic heterocycles. The highest BCUT2D eigenvalue weighted by atomic mass is 16.6. The topological polar surface area (TPSA) is 123 Å². The van der Waals surface area contributed by atoms with Crippen molar-refractivity contribution in [3.63, 3.8) is 0 Å². The molecule has 0 spiro atoms. The van der Waals surface area contributed by atoms with Gasteiger partial charge in [-0.2, -0.15) is 0 Å². The minimum Gasteiger partial charge on any atom is -0.369 e. The number of amides is 1. The van der Waals surface area contributed by atoms with Crippen molar-refractivity contribution in [2.75, 3.05) is 25.0 Å². The van der Waals surface area contributed by atoms with Crippen molar-refractivity contribution in [3.05, 3.63) is 27.9 Å². The second-order valence-electron chi connectivity index (χ2n) is 5.14. The number of pyridine rings is 1. The summed E-state index contributed by atoms with van der Waals surface area (Å²) in [6.07, 6.45) is 4.43. The van der Waals surface area contributed by atoms with E-state index in [1.165, 1.54) is 12.8 Å². The molecule has 0 bridgehead atoms. The fourth-order valence-electron chi connectivity index (χ4n) is 2.45. The Balaban J connectivity index is 1.98. The standard InChI is InChI=1S/C13H19N5O3/c14-12(19)11-6-10(18(20)21)8-17-13(11)16-5-3-9-2-1-4-15-7-9/h6,8-9,15H,1-5,7H2,(H2,14,19)(H,16,17). The molecule has 1 fully saturated rings. The van der Waals surface area contributed by atoms with Crippen LogP contribution in [0.1, 0.15) is 29.6 Å². The fraction of sp³-hybridized carbons (Fsp3) is 0.538. The number of primary amides is 1. The Hall–Kier alpha value is -2.22. The first kappa shape index (κ1) is 15.2. The summed E-state index contributed by atoms with van der Waals surface area (Å²) >= 11 is 0. The average molecular weight is 293 g/mol. The van der Waals surface area contributed by atoms with Gasteiger partial charge in [0, 0.05) is 12.6 Å². The highest BCUT2D eigenvalue weighted by Crippen LogP contribution is 2.19. The molecule has 1 atom stereocenters. The van der Waals surface area contributed by atoms with E-state index in [1.807, 2.05) is 0 Å². The van der Waals surface area contributed by atoms with Gasteiger partial charge in [0.2, 0.25) is 0 Å². The number of hydrogen-bond acceptors (Lipinski definition) is 6. The smallest absolute Gasteiger partial charge is 0.288 e. The minimum absolute atomic E-state index is 0.0472. The largest absolute Gasteiger partial charge is 0.369 e. The lowest BCUT2D eigenvalue weighted by molar-refractivity contribution is -0.385. The quantitative estimate of drug-likeness (QED) is 0.528. The molecule has 1 aliphatic rings. The molecule has 114 valence electrons. The maximum atomic E-state index is 11.4. The molecule has 1 aromatic rings. The predicted molar refractivity (Wildman–Crippen MR) is 78.1 cm³/mol. The van der Waals surface area contributed by atoms with Crippen LogP contribution in [0.5, 0.6) is 0 Å². The monoisotopic (exact) mass is 293 g/mol. The van der Waals surface area contributed by atoms with Gasteiger partial charge >= 0.3 is 0 Å². The van der Waals surface area contributed by atoms with Gasteiger partial charge in [-0.25, -0.2) is 4.98 Å². The summed E-state index contributed by atoms with van der Waals surface area (Å²) in [4.78, 5) is 25.4. The molecular weight excluding hydrogens is 274 g/mol. The van der Waals surface area contributed by atoms with Gasteiger partial charge in [0.15, 0.2) is 0 Å². The molecule has 2 heterocycles. The van der Waals surface area contributed by atoms with Crippen LogP contribution in [-0.2, 0) is 0 Å². The number of nitro groups is 1. The van der Waals surface area contributed by atoms with E-state index in [0.717, 1.165) is 31.8 Å². The Morgan fingerprint density at radius 1 is 1.62 bits per heavy atom. The van der Waals surface area contributed by atoms with Crippen molar-refractivity contribution in [2.24, 2.45) is 11.7 Å². The van der Waals surface area contributed by atoms with Gasteiger partial charge in [0.05, 0.1) is 10.5 Å². The molecule has 1 amide bonds. The summed E-state index contributed by atoms with van der Waals surface area (Å²) in [5, 5.41) is 17.1. The first-order valence-corrected chi connectivity index (χ1v) is 6.96. The van der Waals surface area contributed by atoms with Gasteiger partial charge in [0.25, 0.3) is 11.6 Å². The third-order valence-electron chi connectivity index (χ3n) is 3.59. The number of piperidine rings is 1. The van der Waals surface area contributed by atoms with E-state index in [0.29, 0.717) is 18.3 Å². The lowest BCUT2D eigenvalue weighted by atomic mass is 9.96. The van der Waals surface area contributed by atoms with E-state index in [4.69, 9.17) is 5.73 Å². The van der Waals surface area contributed by atoms with Crippen molar-refractivity contribution in [1.29, 1.82) is 0 Å². The third kappa shape index (κ3) is 4.12. The second-order valence-corrected chi connectivity index (χ2v) is 5.14. The molecular formula is C13H19N5O3. The van der Waals surface area contributed by atoms with Gasteiger partial charge in [-0.15, -0.1) is 0 Å². The van der Waals surface area contributed by atoms with Gasteiger partial charge in [-0.3, -0.25) is 14.9 Å². The highest BCUT2D eigenvalue weighted by Gasteiger charge is 2.17. The predicted octanol–water partition coefficient (Wildman–Crippen LogP) is 0.890. The van der Waals surface area contributed by atoms with E-state index in [-0.39, 0.29) is 11.3 Å². The second kappa shape index (κ2) is 6.98. The number of aromatic nitrogens is 1. The van der Waals surface area contributed by atoms with Crippen molar-refractivity contribution in [1.82, 2.24) is 10.3 Å². The normalized spacial score (nSPS) is 18.2. The van der Waals surface area contributed by atoms with E-state index in [1.54, 1.807) is 0 Å². The number of anilines is 1. The number of nitrogens with two attached hydrogens (primary N) is 1. The van der Waals surface area contributed by atoms with Crippen LogP contribution in [0.25, 0.3) is 0 Å². The zero-order chi connectivity index (χ0) is 15.2. The number of carbonyl (C=O) groups is 1. The number of rotatable bonds is 6. The number of hydrogen-bond donors (Lipinski definition) is 3. The van der Waals surface area contributed by atoms with Crippen LogP contribution >= 0.6 is 0 Å². The molecule has 0 aliphatic carbocycles. The van der Waals surface area contributed by atoms with Crippen LogP contribution < -0.4 is 16.4 Å². The summed E-state index contributed by atoms with van der Waals surface area (Å²) in [5.41, 5.74) is 5.05. The van der Waals surface area contributed by atoms with Gasteiger partial charge in [0.1, 0.15) is 12.0 Å². The molecule has 0 saturated carbocycles. The maximum absolute atomic E-state index is 11.4. The zero-order valence-electron chi connectivity index (χ0n) is 11.7. The molecule has 2 rings (SSSR count). The molecule has 8 nitrogen and oxygen atoms in total. The van der Waals surface area contributed by atoms with Gasteiger partial charge < -0.3 is 16.4 Å². The Labute approximate surface area is 122 Å². The molecule has 21 heavy (non-hydrogen) atoms. The summed E-state index contributed by atoms with van der Waals surface area (Å²) in [5.74, 6) is 0.172. The van der Waals surface area contributed by atoms with Crippen LogP contribution in [0.4, 0.5) is 11.5 Å². The van der Waals surface area contributed by atoms with Crippen LogP contribution in [0.3, 0.4) is 0 Å². The van der Waals surface area contributed by atoms with Crippen LogP contribution in [0.15, 0.2) is 12.3 Å². The van der Waals surface area contributed by atoms with Crippen LogP contribution in [0.2, 0.25) is 0 Å². The molecule has 0 aromatic carbocycles. The Morgan fingerprint density at radius 3 is 3.05 bits per heavy atom. The lowest BCUT2D eigenvalue weighted by Gasteiger charge is -2.22. The van der Waals surface area contributed by atoms with Crippen molar-refractivity contribution in [3.8, 4) is 0 Å². The first-order valence-electron chi connectivity index (χ1n) is 6.96. The fourth-order valence-corrected chi connectivity index (χ4v) is 2.45. The lowest BCUT2D eigenvalue weighted by Crippen LogP contribution is -2.31. The van der Waals surface area contributed by atoms with Crippen LogP contribution in [-0.4, -0.2) is 35.4 Å². The van der Waals surface area contributed by atoms with E-state index in [9.17, 15) is 14.9 Å². The summed E-state index contributed by atoms with van der Waals surface area (Å²) in [6, 6.07) is 1.15. The highest BCUT2D eigenvalue weighted by molar-refractivity contribution is 5.98. The number of nitrogens with zero attached hydrogens (tertiary/aromatic N) is 2. The summed E-state index contributed by atoms with van der Waals surface area (Å²) < 4.78 is 0. The molecule has 1 aromatic heterocycles. The molecule has 1 saturated heterocycles. The Bertz CT molecular complexity index is 529. The van der Waals surface area contributed by atoms with Crippen LogP contribution in [0, 0.1) is 16.0 Å². The van der Waals surface area contributed by atoms with E-state index < -0.39 is 10.8 Å². The molecule has 8 heteroatoms. The molecule has 4 N–H and O–H groups in total. The van der Waals surface area contributed by atoms with Gasteiger partial charge in [-0.1, -0.05) is 0 Å². The molecule has 1 unspecified atom stereocenters. The third-order valence-corrected chi connectivity index (χ3v) is 3.59. The number of carbonyl (C=O) groups excluding carboxylic acids is 1. The summed E-state index contributed by atoms with van der Waals surface area (Å²) in [7, 11) is 0. The van der Waals surface area contributed by atoms with Crippen molar-refractivity contribution >= 4 is 17.4 Å². The van der Waals surface area contributed by atoms with Crippen molar-refractivity contribution < 1.29 is 9.72 Å². The van der Waals surface area contributed by atoms with E-state index in [2.05, 4.69) is 15.6 Å². The zero-order valence-corrected chi connectivity index (χ0v) is 11.7. The average Bonchev–Trinajstić information content (AvgIpc) is 2.48. The SMILES string of the molecule is NC(=O)c1cc([N+](=O)[O-])cnc1NCCC1CCCNC1. The van der Waals surface area contributed by atoms with Gasteiger partial charge in [-0.05, 0) is 38.3 Å². The van der Waals surface area contributed by atoms with E-state index >= 15 is 0 Å². The Kier molecular flexibility index (Phi) is 5.04. The summed E-state index contributed by atoms with van der Waals surface area (Å²) in [6.45, 7) is 2.72. The van der Waals surface area contributed by atoms with Crippen molar-refractivity contribution in [2.45, 2.75) is 19.3 Å². The number of nitrogens with one attached hydrogen (secondary N) is 2. The minimum atomic E-state index is -0.729. The molecule has 0 radical (unpaired) electrons.